The second-order valence-electron chi connectivity index (χ2n) is 4.96. The van der Waals surface area contributed by atoms with Crippen LogP contribution in [0, 0.1) is 11.6 Å². The van der Waals surface area contributed by atoms with Crippen molar-refractivity contribution >= 4 is 22.0 Å². The Morgan fingerprint density at radius 1 is 1.12 bits per heavy atom. The van der Waals surface area contributed by atoms with Gasteiger partial charge in [0.2, 0.25) is 0 Å². The molecule has 0 unspecified atom stereocenters. The number of rotatable bonds is 6. The lowest BCUT2D eigenvalue weighted by Crippen LogP contribution is -2.29. The van der Waals surface area contributed by atoms with Crippen LogP contribution in [0.1, 0.15) is 5.56 Å². The Balaban J connectivity index is 2.22. The third-order valence-electron chi connectivity index (χ3n) is 3.27. The van der Waals surface area contributed by atoms with E-state index in [-0.39, 0.29) is 0 Å². The average molecular weight is 383 g/mol. The van der Waals surface area contributed by atoms with E-state index in [1.165, 1.54) is 20.3 Å². The van der Waals surface area contributed by atoms with Gasteiger partial charge in [-0.2, -0.15) is 0 Å². The first-order chi connectivity index (χ1) is 12.3. The summed E-state index contributed by atoms with van der Waals surface area (Å²) >= 11 is 0. The van der Waals surface area contributed by atoms with Crippen molar-refractivity contribution in [2.75, 3.05) is 14.2 Å². The molecule has 0 heterocycles. The molecule has 0 saturated carbocycles. The molecule has 2 rings (SSSR count). The van der Waals surface area contributed by atoms with Gasteiger partial charge >= 0.3 is 0 Å². The van der Waals surface area contributed by atoms with Crippen LogP contribution in [0.25, 0.3) is 6.08 Å². The Labute approximate surface area is 149 Å². The first kappa shape index (κ1) is 19.4. The maximum Gasteiger partial charge on any atom is 0.267 e. The molecule has 2 aromatic rings. The highest BCUT2D eigenvalue weighted by atomic mass is 32.2. The molecule has 0 aliphatic rings. The zero-order valence-electron chi connectivity index (χ0n) is 13.8. The lowest BCUT2D eigenvalue weighted by Gasteiger charge is -2.10. The number of para-hydroxylation sites is 1. The molecule has 0 fully saturated rings. The maximum atomic E-state index is 13.6. The zero-order valence-corrected chi connectivity index (χ0v) is 14.6. The van der Waals surface area contributed by atoms with Crippen molar-refractivity contribution in [2.45, 2.75) is 4.90 Å². The minimum Gasteiger partial charge on any atom is -0.493 e. The van der Waals surface area contributed by atoms with E-state index in [2.05, 4.69) is 0 Å². The van der Waals surface area contributed by atoms with E-state index in [0.717, 1.165) is 18.2 Å². The summed E-state index contributed by atoms with van der Waals surface area (Å²) in [4.78, 5) is 11.1. The van der Waals surface area contributed by atoms with Crippen LogP contribution in [0.4, 0.5) is 8.78 Å². The summed E-state index contributed by atoms with van der Waals surface area (Å²) in [6.45, 7) is 0. The Hall–Kier alpha value is -2.94. The van der Waals surface area contributed by atoms with Gasteiger partial charge in [-0.05, 0) is 24.3 Å². The number of sulfonamides is 1. The van der Waals surface area contributed by atoms with E-state index in [4.69, 9.17) is 9.47 Å². The van der Waals surface area contributed by atoms with Crippen molar-refractivity contribution in [1.29, 1.82) is 0 Å². The smallest absolute Gasteiger partial charge is 0.267 e. The number of halogens is 2. The van der Waals surface area contributed by atoms with E-state index in [1.807, 2.05) is 0 Å². The quantitative estimate of drug-likeness (QED) is 0.775. The Morgan fingerprint density at radius 3 is 2.46 bits per heavy atom. The van der Waals surface area contributed by atoms with Gasteiger partial charge in [0.15, 0.2) is 11.5 Å². The fraction of sp³-hybridized carbons (Fsp3) is 0.118. The SMILES string of the molecule is COc1cccc(/C=C/C(=O)NS(=O)(=O)c2ccc(F)cc2F)c1OC. The van der Waals surface area contributed by atoms with Crippen LogP contribution < -0.4 is 14.2 Å². The highest BCUT2D eigenvalue weighted by molar-refractivity contribution is 7.90. The predicted octanol–water partition coefficient (Wildman–Crippen LogP) is 2.50. The molecule has 0 atom stereocenters. The van der Waals surface area contributed by atoms with Crippen molar-refractivity contribution in [3.63, 3.8) is 0 Å². The molecule has 2 aromatic carbocycles. The summed E-state index contributed by atoms with van der Waals surface area (Å²) in [5.74, 6) is -2.47. The molecule has 0 bridgehead atoms. The minimum atomic E-state index is -4.49. The fourth-order valence-corrected chi connectivity index (χ4v) is 3.13. The summed E-state index contributed by atoms with van der Waals surface area (Å²) in [6.07, 6.45) is 2.25. The van der Waals surface area contributed by atoms with E-state index in [1.54, 1.807) is 22.9 Å². The van der Waals surface area contributed by atoms with Crippen LogP contribution in [0.3, 0.4) is 0 Å². The molecule has 6 nitrogen and oxygen atoms in total. The van der Waals surface area contributed by atoms with Crippen molar-refractivity contribution in [3.8, 4) is 11.5 Å². The van der Waals surface area contributed by atoms with Crippen molar-refractivity contribution in [3.05, 3.63) is 59.7 Å². The van der Waals surface area contributed by atoms with Crippen molar-refractivity contribution in [2.24, 2.45) is 0 Å². The Morgan fingerprint density at radius 2 is 1.85 bits per heavy atom. The molecule has 0 aliphatic heterocycles. The molecule has 9 heteroatoms. The summed E-state index contributed by atoms with van der Waals surface area (Å²) in [5, 5.41) is 0. The molecule has 1 N–H and O–H groups in total. The normalized spacial score (nSPS) is 11.4. The first-order valence-electron chi connectivity index (χ1n) is 7.19. The van der Waals surface area contributed by atoms with Gasteiger partial charge in [-0.3, -0.25) is 4.79 Å². The van der Waals surface area contributed by atoms with Crippen LogP contribution in [0.15, 0.2) is 47.4 Å². The molecule has 138 valence electrons. The number of ether oxygens (including phenoxy) is 2. The molecule has 0 spiro atoms. The van der Waals surface area contributed by atoms with Gasteiger partial charge < -0.3 is 9.47 Å². The van der Waals surface area contributed by atoms with Crippen LogP contribution in [0.5, 0.6) is 11.5 Å². The molecule has 26 heavy (non-hydrogen) atoms. The number of nitrogens with one attached hydrogen (secondary N) is 1. The number of carbonyl (C=O) groups is 1. The van der Waals surface area contributed by atoms with Gasteiger partial charge in [0.25, 0.3) is 15.9 Å². The average Bonchev–Trinajstić information content (AvgIpc) is 2.58. The number of amides is 1. The van der Waals surface area contributed by atoms with Gasteiger partial charge in [0.05, 0.1) is 14.2 Å². The molecule has 0 aromatic heterocycles. The van der Waals surface area contributed by atoms with Crippen molar-refractivity contribution < 1.29 is 31.5 Å². The fourth-order valence-electron chi connectivity index (χ4n) is 2.12. The monoisotopic (exact) mass is 383 g/mol. The van der Waals surface area contributed by atoms with Gasteiger partial charge in [0, 0.05) is 17.7 Å². The molecular formula is C17H15F2NO5S. The molecule has 0 radical (unpaired) electrons. The number of hydrogen-bond acceptors (Lipinski definition) is 5. The predicted molar refractivity (Wildman–Crippen MR) is 90.3 cm³/mol. The highest BCUT2D eigenvalue weighted by Crippen LogP contribution is 2.31. The van der Waals surface area contributed by atoms with E-state index in [0.29, 0.717) is 23.1 Å². The third-order valence-corrected chi connectivity index (χ3v) is 4.65. The highest BCUT2D eigenvalue weighted by Gasteiger charge is 2.21. The van der Waals surface area contributed by atoms with Crippen LogP contribution in [-0.2, 0) is 14.8 Å². The van der Waals surface area contributed by atoms with Crippen LogP contribution in [-0.4, -0.2) is 28.5 Å². The summed E-state index contributed by atoms with van der Waals surface area (Å²) < 4.78 is 62.6. The van der Waals surface area contributed by atoms with Crippen LogP contribution in [0.2, 0.25) is 0 Å². The Bertz CT molecular complexity index is 958. The summed E-state index contributed by atoms with van der Waals surface area (Å²) in [6, 6.07) is 6.85. The zero-order chi connectivity index (χ0) is 19.3. The lowest BCUT2D eigenvalue weighted by molar-refractivity contribution is -0.114. The molecule has 0 saturated heterocycles. The van der Waals surface area contributed by atoms with Crippen molar-refractivity contribution in [1.82, 2.24) is 4.72 Å². The van der Waals surface area contributed by atoms with Gasteiger partial charge in [-0.15, -0.1) is 0 Å². The summed E-state index contributed by atoms with van der Waals surface area (Å²) in [7, 11) is -1.63. The maximum absolute atomic E-state index is 13.6. The molecular weight excluding hydrogens is 368 g/mol. The second kappa shape index (κ2) is 7.96. The Kier molecular flexibility index (Phi) is 5.93. The standard InChI is InChI=1S/C17H15F2NO5S/c1-24-14-5-3-4-11(17(14)25-2)6-9-16(21)20-26(22,23)15-8-7-12(18)10-13(15)19/h3-10H,1-2H3,(H,20,21)/b9-6+. The lowest BCUT2D eigenvalue weighted by atomic mass is 10.1. The summed E-state index contributed by atoms with van der Waals surface area (Å²) in [5.41, 5.74) is 0.465. The number of carbonyl (C=O) groups excluding carboxylic acids is 1. The van der Waals surface area contributed by atoms with E-state index < -0.39 is 32.5 Å². The molecule has 1 amide bonds. The minimum absolute atomic E-state index is 0.353. The largest absolute Gasteiger partial charge is 0.493 e. The van der Waals surface area contributed by atoms with Gasteiger partial charge in [-0.1, -0.05) is 12.1 Å². The van der Waals surface area contributed by atoms with Gasteiger partial charge in [0.1, 0.15) is 16.5 Å². The van der Waals surface area contributed by atoms with E-state index >= 15 is 0 Å². The third kappa shape index (κ3) is 4.37. The number of hydrogen-bond donors (Lipinski definition) is 1. The van der Waals surface area contributed by atoms with Crippen LogP contribution >= 0.6 is 0 Å². The van der Waals surface area contributed by atoms with E-state index in [9.17, 15) is 22.0 Å². The van der Waals surface area contributed by atoms with Gasteiger partial charge in [-0.25, -0.2) is 21.9 Å². The number of methoxy groups -OCH3 is 2. The second-order valence-corrected chi connectivity index (χ2v) is 6.61. The topological polar surface area (TPSA) is 81.7 Å². The number of benzene rings is 2. The first-order valence-corrected chi connectivity index (χ1v) is 8.67. The molecule has 0 aliphatic carbocycles.